The highest BCUT2D eigenvalue weighted by Gasteiger charge is 2.19. The average Bonchev–Trinajstić information content (AvgIpc) is 2.35. The Labute approximate surface area is 111 Å². The molecule has 0 aliphatic carbocycles. The summed E-state index contributed by atoms with van der Waals surface area (Å²) in [6.45, 7) is 1.78. The third-order valence-electron chi connectivity index (χ3n) is 2.52. The molecule has 108 valence electrons. The van der Waals surface area contributed by atoms with E-state index in [4.69, 9.17) is 15.2 Å². The topological polar surface area (TPSA) is 90.7 Å². The van der Waals surface area contributed by atoms with E-state index in [0.717, 1.165) is 12.1 Å². The Hall–Kier alpha value is -1.38. The zero-order chi connectivity index (χ0) is 14.6. The molecule has 0 spiro atoms. The molecule has 0 bridgehead atoms. The second-order valence-electron chi connectivity index (χ2n) is 3.93. The number of halogens is 1. The monoisotopic (exact) mass is 292 g/mol. The van der Waals surface area contributed by atoms with E-state index in [1.165, 1.54) is 14.2 Å². The highest BCUT2D eigenvalue weighted by molar-refractivity contribution is 7.89. The molecule has 0 heterocycles. The summed E-state index contributed by atoms with van der Waals surface area (Å²) in [6, 6.07) is 2.00. The van der Waals surface area contributed by atoms with Gasteiger partial charge in [-0.15, -0.1) is 0 Å². The molecule has 19 heavy (non-hydrogen) atoms. The number of benzene rings is 1. The van der Waals surface area contributed by atoms with Crippen LogP contribution in [0.3, 0.4) is 0 Å². The highest BCUT2D eigenvalue weighted by atomic mass is 32.2. The molecule has 1 atom stereocenters. The normalized spacial score (nSPS) is 13.3. The Morgan fingerprint density at radius 3 is 2.53 bits per heavy atom. The molecule has 1 aromatic rings. The first-order valence-electron chi connectivity index (χ1n) is 5.47. The van der Waals surface area contributed by atoms with Crippen molar-refractivity contribution < 1.29 is 22.3 Å². The number of methoxy groups -OCH3 is 2. The standard InChI is InChI=1S/C11H17FN2O4S/c1-7(17-2)6-14-19(15,16)8-4-9(12)11(18-3)10(13)5-8/h4-5,7,14H,6,13H2,1-3H3. The molecule has 0 aliphatic heterocycles. The van der Waals surface area contributed by atoms with Crippen LogP contribution in [-0.4, -0.2) is 35.3 Å². The van der Waals surface area contributed by atoms with E-state index in [9.17, 15) is 12.8 Å². The van der Waals surface area contributed by atoms with Gasteiger partial charge in [0.1, 0.15) is 0 Å². The van der Waals surface area contributed by atoms with Gasteiger partial charge in [0.05, 0.1) is 23.8 Å². The molecule has 0 saturated carbocycles. The van der Waals surface area contributed by atoms with E-state index in [1.54, 1.807) is 6.92 Å². The van der Waals surface area contributed by atoms with Crippen molar-refractivity contribution in [1.29, 1.82) is 0 Å². The fourth-order valence-corrected chi connectivity index (χ4v) is 2.51. The molecule has 0 amide bonds. The first-order valence-corrected chi connectivity index (χ1v) is 6.95. The van der Waals surface area contributed by atoms with Crippen molar-refractivity contribution in [3.8, 4) is 5.75 Å². The molecule has 1 aromatic carbocycles. The van der Waals surface area contributed by atoms with Gasteiger partial charge in [0.15, 0.2) is 11.6 Å². The lowest BCUT2D eigenvalue weighted by atomic mass is 10.3. The molecule has 0 aromatic heterocycles. The van der Waals surface area contributed by atoms with Crippen LogP contribution in [0.1, 0.15) is 6.92 Å². The van der Waals surface area contributed by atoms with Gasteiger partial charge < -0.3 is 15.2 Å². The summed E-state index contributed by atoms with van der Waals surface area (Å²) >= 11 is 0. The fourth-order valence-electron chi connectivity index (χ4n) is 1.35. The molecule has 6 nitrogen and oxygen atoms in total. The third-order valence-corrected chi connectivity index (χ3v) is 3.93. The van der Waals surface area contributed by atoms with E-state index in [1.807, 2.05) is 0 Å². The van der Waals surface area contributed by atoms with Crippen molar-refractivity contribution >= 4 is 15.7 Å². The predicted molar refractivity (Wildman–Crippen MR) is 69.0 cm³/mol. The van der Waals surface area contributed by atoms with Crippen LogP contribution in [0.25, 0.3) is 0 Å². The van der Waals surface area contributed by atoms with Crippen molar-refractivity contribution in [3.63, 3.8) is 0 Å². The number of nitrogens with one attached hydrogen (secondary N) is 1. The van der Waals surface area contributed by atoms with Crippen LogP contribution in [0.2, 0.25) is 0 Å². The van der Waals surface area contributed by atoms with Gasteiger partial charge in [0.25, 0.3) is 0 Å². The van der Waals surface area contributed by atoms with Gasteiger partial charge in [-0.2, -0.15) is 0 Å². The Morgan fingerprint density at radius 2 is 2.05 bits per heavy atom. The molecule has 0 aliphatic rings. The van der Waals surface area contributed by atoms with Crippen LogP contribution in [0, 0.1) is 5.82 Å². The number of ether oxygens (including phenoxy) is 2. The maximum Gasteiger partial charge on any atom is 0.240 e. The first kappa shape index (κ1) is 15.7. The van der Waals surface area contributed by atoms with Crippen LogP contribution in [0.15, 0.2) is 17.0 Å². The molecular weight excluding hydrogens is 275 g/mol. The minimum Gasteiger partial charge on any atom is -0.492 e. The van der Waals surface area contributed by atoms with Crippen molar-refractivity contribution in [2.45, 2.75) is 17.9 Å². The van der Waals surface area contributed by atoms with Crippen LogP contribution < -0.4 is 15.2 Å². The number of nitrogen functional groups attached to an aromatic ring is 1. The first-order chi connectivity index (χ1) is 8.81. The van der Waals surface area contributed by atoms with Crippen LogP contribution >= 0.6 is 0 Å². The van der Waals surface area contributed by atoms with Gasteiger partial charge in [0.2, 0.25) is 10.0 Å². The summed E-state index contributed by atoms with van der Waals surface area (Å²) in [5.41, 5.74) is 5.45. The summed E-state index contributed by atoms with van der Waals surface area (Å²) in [7, 11) is -1.13. The fraction of sp³-hybridized carbons (Fsp3) is 0.455. The molecule has 0 radical (unpaired) electrons. The van der Waals surface area contributed by atoms with Gasteiger partial charge in [0, 0.05) is 13.7 Å². The van der Waals surface area contributed by atoms with Crippen LogP contribution in [0.5, 0.6) is 5.75 Å². The molecule has 3 N–H and O–H groups in total. The van der Waals surface area contributed by atoms with Crippen LogP contribution in [0.4, 0.5) is 10.1 Å². The summed E-state index contributed by atoms with van der Waals surface area (Å²) in [5, 5.41) is 0. The maximum absolute atomic E-state index is 13.6. The summed E-state index contributed by atoms with van der Waals surface area (Å²) in [4.78, 5) is -0.258. The zero-order valence-electron chi connectivity index (χ0n) is 10.9. The van der Waals surface area contributed by atoms with Gasteiger partial charge in [-0.1, -0.05) is 0 Å². The smallest absolute Gasteiger partial charge is 0.240 e. The molecule has 1 rings (SSSR count). The lowest BCUT2D eigenvalue weighted by molar-refractivity contribution is 0.122. The number of hydrogen-bond acceptors (Lipinski definition) is 5. The Morgan fingerprint density at radius 1 is 1.42 bits per heavy atom. The van der Waals surface area contributed by atoms with Crippen molar-refractivity contribution in [2.24, 2.45) is 0 Å². The Bertz CT molecular complexity index is 525. The van der Waals surface area contributed by atoms with Crippen LogP contribution in [-0.2, 0) is 14.8 Å². The number of anilines is 1. The molecule has 0 saturated heterocycles. The number of sulfonamides is 1. The Kier molecular flexibility index (Phi) is 5.10. The SMILES string of the molecule is COc1c(N)cc(S(=O)(=O)NCC(C)OC)cc1F. The van der Waals surface area contributed by atoms with Gasteiger partial charge in [-0.3, -0.25) is 0 Å². The quantitative estimate of drug-likeness (QED) is 0.754. The zero-order valence-corrected chi connectivity index (χ0v) is 11.8. The lowest BCUT2D eigenvalue weighted by Crippen LogP contribution is -2.31. The number of nitrogens with two attached hydrogens (primary N) is 1. The molecule has 1 unspecified atom stereocenters. The number of rotatable bonds is 6. The van der Waals surface area contributed by atoms with Crippen molar-refractivity contribution in [1.82, 2.24) is 4.72 Å². The maximum atomic E-state index is 13.6. The average molecular weight is 292 g/mol. The second-order valence-corrected chi connectivity index (χ2v) is 5.69. The summed E-state index contributed by atoms with van der Waals surface area (Å²) < 4.78 is 49.4. The van der Waals surface area contributed by atoms with Gasteiger partial charge in [-0.25, -0.2) is 17.5 Å². The van der Waals surface area contributed by atoms with E-state index >= 15 is 0 Å². The Balaban J connectivity index is 3.02. The lowest BCUT2D eigenvalue weighted by Gasteiger charge is -2.13. The van der Waals surface area contributed by atoms with E-state index < -0.39 is 15.8 Å². The predicted octanol–water partition coefficient (Wildman–Crippen LogP) is 0.730. The number of hydrogen-bond donors (Lipinski definition) is 2. The van der Waals surface area contributed by atoms with Crippen molar-refractivity contribution in [3.05, 3.63) is 17.9 Å². The second kappa shape index (κ2) is 6.18. The van der Waals surface area contributed by atoms with Gasteiger partial charge >= 0.3 is 0 Å². The van der Waals surface area contributed by atoms with Crippen molar-refractivity contribution in [2.75, 3.05) is 26.5 Å². The minimum atomic E-state index is -3.84. The van der Waals surface area contributed by atoms with Gasteiger partial charge in [-0.05, 0) is 19.1 Å². The highest BCUT2D eigenvalue weighted by Crippen LogP contribution is 2.28. The third kappa shape index (κ3) is 3.79. The summed E-state index contributed by atoms with van der Waals surface area (Å²) in [6.07, 6.45) is -0.296. The largest absolute Gasteiger partial charge is 0.492 e. The van der Waals surface area contributed by atoms with E-state index in [0.29, 0.717) is 0 Å². The molecule has 8 heteroatoms. The van der Waals surface area contributed by atoms with E-state index in [-0.39, 0.29) is 29.0 Å². The molecular formula is C11H17FN2O4S. The summed E-state index contributed by atoms with van der Waals surface area (Å²) in [5.74, 6) is -1.01. The molecule has 0 fully saturated rings. The minimum absolute atomic E-state index is 0.0758. The van der Waals surface area contributed by atoms with E-state index in [2.05, 4.69) is 4.72 Å².